The number of nitrogens with zero attached hydrogens (tertiary/aromatic N) is 3. The van der Waals surface area contributed by atoms with Crippen molar-refractivity contribution in [3.8, 4) is 23.1 Å². The van der Waals surface area contributed by atoms with E-state index in [9.17, 15) is 10.4 Å². The van der Waals surface area contributed by atoms with E-state index in [1.165, 1.54) is 0 Å². The van der Waals surface area contributed by atoms with Gasteiger partial charge in [-0.2, -0.15) is 5.26 Å². The zero-order chi connectivity index (χ0) is 20.2. The van der Waals surface area contributed by atoms with Gasteiger partial charge in [-0.3, -0.25) is 0 Å². The van der Waals surface area contributed by atoms with E-state index in [2.05, 4.69) is 16.0 Å². The highest BCUT2D eigenvalue weighted by Gasteiger charge is 2.26. The summed E-state index contributed by atoms with van der Waals surface area (Å²) < 4.78 is 5.97. The molecule has 1 fully saturated rings. The number of benzene rings is 2. The molecule has 0 radical (unpaired) electrons. The molecule has 1 N–H and O–H groups in total. The lowest BCUT2D eigenvalue weighted by molar-refractivity contribution is 0.216. The molecule has 29 heavy (non-hydrogen) atoms. The van der Waals surface area contributed by atoms with Gasteiger partial charge in [-0.25, -0.2) is 4.98 Å². The molecular weight excluding hydrogens is 386 g/mol. The number of hydrogen-bond donors (Lipinski definition) is 1. The Morgan fingerprint density at radius 3 is 2.83 bits per heavy atom. The number of ether oxygens (including phenoxy) is 1. The van der Waals surface area contributed by atoms with Crippen LogP contribution in [0.5, 0.6) is 5.88 Å². The molecule has 2 heterocycles. The summed E-state index contributed by atoms with van der Waals surface area (Å²) in [4.78, 5) is 6.41. The van der Waals surface area contributed by atoms with E-state index in [0.29, 0.717) is 23.0 Å². The second kappa shape index (κ2) is 8.52. The first kappa shape index (κ1) is 19.3. The molecule has 0 saturated carbocycles. The summed E-state index contributed by atoms with van der Waals surface area (Å²) in [5, 5.41) is 19.9. The van der Waals surface area contributed by atoms with E-state index in [-0.39, 0.29) is 12.7 Å². The second-order valence-electron chi connectivity index (χ2n) is 6.95. The van der Waals surface area contributed by atoms with Gasteiger partial charge in [0.15, 0.2) is 0 Å². The zero-order valence-corrected chi connectivity index (χ0v) is 16.5. The van der Waals surface area contributed by atoms with Crippen LogP contribution in [-0.2, 0) is 6.61 Å². The first-order valence-electron chi connectivity index (χ1n) is 9.44. The quantitative estimate of drug-likeness (QED) is 0.680. The van der Waals surface area contributed by atoms with Gasteiger partial charge >= 0.3 is 0 Å². The molecule has 1 saturated heterocycles. The average molecular weight is 406 g/mol. The summed E-state index contributed by atoms with van der Waals surface area (Å²) in [6.45, 7) is 1.48. The van der Waals surface area contributed by atoms with Crippen molar-refractivity contribution in [2.75, 3.05) is 18.0 Å². The Bertz CT molecular complexity index is 1050. The van der Waals surface area contributed by atoms with E-state index >= 15 is 0 Å². The van der Waals surface area contributed by atoms with Crippen molar-refractivity contribution in [1.29, 1.82) is 5.26 Å². The van der Waals surface area contributed by atoms with Crippen LogP contribution in [0.25, 0.3) is 11.1 Å². The average Bonchev–Trinajstić information content (AvgIpc) is 3.23. The Labute approximate surface area is 174 Å². The molecule has 1 aromatic heterocycles. The largest absolute Gasteiger partial charge is 0.472 e. The number of pyridine rings is 1. The van der Waals surface area contributed by atoms with Crippen LogP contribution in [0.3, 0.4) is 0 Å². The van der Waals surface area contributed by atoms with Gasteiger partial charge < -0.3 is 14.7 Å². The normalized spacial score (nSPS) is 15.9. The Balaban J connectivity index is 1.53. The third-order valence-electron chi connectivity index (χ3n) is 5.08. The third kappa shape index (κ3) is 4.19. The van der Waals surface area contributed by atoms with Crippen LogP contribution in [-0.4, -0.2) is 29.3 Å². The van der Waals surface area contributed by atoms with Crippen molar-refractivity contribution in [2.45, 2.75) is 19.1 Å². The standard InChI is InChI=1S/C23H20ClN3O2/c24-19-6-8-23(26-13-19)29-20-9-10-27(14-20)22-7-5-16(11-18(22)15-28)21-4-2-1-3-17(21)12-25/h1-8,11,13,20,28H,9-10,14-15H2. The summed E-state index contributed by atoms with van der Waals surface area (Å²) in [6, 6.07) is 19.2. The number of aliphatic hydroxyl groups is 1. The molecule has 1 aliphatic rings. The van der Waals surface area contributed by atoms with E-state index in [0.717, 1.165) is 35.3 Å². The van der Waals surface area contributed by atoms with Crippen LogP contribution in [0, 0.1) is 11.3 Å². The highest BCUT2D eigenvalue weighted by atomic mass is 35.5. The maximum atomic E-state index is 9.96. The number of aromatic nitrogens is 1. The number of nitriles is 1. The molecule has 0 amide bonds. The monoisotopic (exact) mass is 405 g/mol. The highest BCUT2D eigenvalue weighted by Crippen LogP contribution is 2.32. The summed E-state index contributed by atoms with van der Waals surface area (Å²) in [7, 11) is 0. The number of halogens is 1. The zero-order valence-electron chi connectivity index (χ0n) is 15.8. The number of anilines is 1. The maximum Gasteiger partial charge on any atom is 0.213 e. The van der Waals surface area contributed by atoms with E-state index in [1.54, 1.807) is 24.4 Å². The molecule has 4 rings (SSSR count). The molecule has 5 nitrogen and oxygen atoms in total. The Kier molecular flexibility index (Phi) is 5.66. The van der Waals surface area contributed by atoms with Crippen LogP contribution < -0.4 is 9.64 Å². The van der Waals surface area contributed by atoms with Crippen LogP contribution in [0.4, 0.5) is 5.69 Å². The van der Waals surface area contributed by atoms with Gasteiger partial charge in [-0.05, 0) is 35.4 Å². The van der Waals surface area contributed by atoms with Gasteiger partial charge in [-0.15, -0.1) is 0 Å². The van der Waals surface area contributed by atoms with Crippen LogP contribution in [0.1, 0.15) is 17.5 Å². The highest BCUT2D eigenvalue weighted by molar-refractivity contribution is 6.30. The van der Waals surface area contributed by atoms with Crippen molar-refractivity contribution in [3.63, 3.8) is 0 Å². The summed E-state index contributed by atoms with van der Waals surface area (Å²) in [6.07, 6.45) is 2.47. The molecule has 0 spiro atoms. The smallest absolute Gasteiger partial charge is 0.213 e. The van der Waals surface area contributed by atoms with Gasteiger partial charge in [0.25, 0.3) is 0 Å². The first-order valence-corrected chi connectivity index (χ1v) is 9.82. The summed E-state index contributed by atoms with van der Waals surface area (Å²) >= 11 is 5.87. The summed E-state index contributed by atoms with van der Waals surface area (Å²) in [5.41, 5.74) is 4.23. The van der Waals surface area contributed by atoms with Crippen LogP contribution in [0.2, 0.25) is 5.02 Å². The van der Waals surface area contributed by atoms with Crippen molar-refractivity contribution in [1.82, 2.24) is 4.98 Å². The van der Waals surface area contributed by atoms with Gasteiger partial charge in [0.2, 0.25) is 5.88 Å². The molecule has 1 unspecified atom stereocenters. The van der Waals surface area contributed by atoms with Gasteiger partial charge in [-0.1, -0.05) is 35.9 Å². The Morgan fingerprint density at radius 2 is 2.07 bits per heavy atom. The fourth-order valence-electron chi connectivity index (χ4n) is 3.67. The summed E-state index contributed by atoms with van der Waals surface area (Å²) in [5.74, 6) is 0.562. The molecule has 3 aromatic rings. The lowest BCUT2D eigenvalue weighted by atomic mass is 9.98. The fourth-order valence-corrected chi connectivity index (χ4v) is 3.78. The molecule has 1 atom stereocenters. The van der Waals surface area contributed by atoms with Crippen molar-refractivity contribution in [3.05, 3.63) is 76.9 Å². The minimum Gasteiger partial charge on any atom is -0.472 e. The fraction of sp³-hybridized carbons (Fsp3) is 0.217. The molecule has 1 aliphatic heterocycles. The van der Waals surface area contributed by atoms with Crippen LogP contribution >= 0.6 is 11.6 Å². The minimum atomic E-state index is -0.0708. The first-order chi connectivity index (χ1) is 14.2. The molecule has 6 heteroatoms. The lowest BCUT2D eigenvalue weighted by Gasteiger charge is -2.22. The van der Waals surface area contributed by atoms with Gasteiger partial charge in [0.1, 0.15) is 6.10 Å². The van der Waals surface area contributed by atoms with Crippen LogP contribution in [0.15, 0.2) is 60.8 Å². The Morgan fingerprint density at radius 1 is 1.21 bits per heavy atom. The molecule has 146 valence electrons. The maximum absolute atomic E-state index is 9.96. The Hall–Kier alpha value is -3.07. The van der Waals surface area contributed by atoms with E-state index < -0.39 is 0 Å². The van der Waals surface area contributed by atoms with Crippen molar-refractivity contribution in [2.24, 2.45) is 0 Å². The number of rotatable bonds is 5. The third-order valence-corrected chi connectivity index (χ3v) is 5.31. The second-order valence-corrected chi connectivity index (χ2v) is 7.38. The predicted octanol–water partition coefficient (Wildman–Crippen LogP) is 4.42. The number of aliphatic hydroxyl groups excluding tert-OH is 1. The molecule has 0 bridgehead atoms. The molecular formula is C23H20ClN3O2. The van der Waals surface area contributed by atoms with Crippen molar-refractivity contribution >= 4 is 17.3 Å². The molecule has 2 aromatic carbocycles. The topological polar surface area (TPSA) is 69.4 Å². The minimum absolute atomic E-state index is 0.0224. The van der Waals surface area contributed by atoms with E-state index in [4.69, 9.17) is 16.3 Å². The molecule has 0 aliphatic carbocycles. The number of hydrogen-bond acceptors (Lipinski definition) is 5. The van der Waals surface area contributed by atoms with Crippen molar-refractivity contribution < 1.29 is 9.84 Å². The van der Waals surface area contributed by atoms with Gasteiger partial charge in [0.05, 0.1) is 29.8 Å². The lowest BCUT2D eigenvalue weighted by Crippen LogP contribution is -2.25. The predicted molar refractivity (Wildman–Crippen MR) is 113 cm³/mol. The van der Waals surface area contributed by atoms with E-state index in [1.807, 2.05) is 36.4 Å². The SMILES string of the molecule is N#Cc1ccccc1-c1ccc(N2CCC(Oc3ccc(Cl)cn3)C2)c(CO)c1. The van der Waals surface area contributed by atoms with Gasteiger partial charge in [0, 0.05) is 36.5 Å².